The van der Waals surface area contributed by atoms with Crippen molar-refractivity contribution in [2.24, 2.45) is 0 Å². The highest BCUT2D eigenvalue weighted by Gasteiger charge is 2.25. The van der Waals surface area contributed by atoms with Crippen LogP contribution in [0.15, 0.2) is 42.5 Å². The Morgan fingerprint density at radius 3 is 2.71 bits per heavy atom. The van der Waals surface area contributed by atoms with E-state index in [2.05, 4.69) is 10.6 Å². The summed E-state index contributed by atoms with van der Waals surface area (Å²) < 4.78 is 37.7. The van der Waals surface area contributed by atoms with Crippen molar-refractivity contribution in [3.8, 4) is 5.75 Å². The molecule has 0 aliphatic carbocycles. The minimum Gasteiger partial charge on any atom is -0.491 e. The first-order chi connectivity index (χ1) is 16.9. The van der Waals surface area contributed by atoms with E-state index in [1.54, 1.807) is 24.3 Å². The molecule has 2 aromatic carbocycles. The molecule has 10 heteroatoms. The van der Waals surface area contributed by atoms with Crippen LogP contribution in [0.1, 0.15) is 44.7 Å². The number of nitrogens with one attached hydrogen (secondary N) is 2. The van der Waals surface area contributed by atoms with Crippen molar-refractivity contribution in [2.75, 3.05) is 51.8 Å². The highest BCUT2D eigenvalue weighted by molar-refractivity contribution is 7.89. The Kier molecular flexibility index (Phi) is 8.37. The Morgan fingerprint density at radius 2 is 1.89 bits per heavy atom. The van der Waals surface area contributed by atoms with E-state index in [0.717, 1.165) is 24.0 Å². The molecule has 0 aromatic heterocycles. The Balaban J connectivity index is 1.48. The number of ether oxygens (including phenoxy) is 2. The summed E-state index contributed by atoms with van der Waals surface area (Å²) in [6.07, 6.45) is 2.22. The van der Waals surface area contributed by atoms with Crippen LogP contribution in [-0.2, 0) is 21.2 Å². The fraction of sp³-hybridized carbons (Fsp3) is 0.440. The van der Waals surface area contributed by atoms with Gasteiger partial charge in [0, 0.05) is 43.7 Å². The lowest BCUT2D eigenvalue weighted by molar-refractivity contribution is 0.0865. The van der Waals surface area contributed by atoms with E-state index >= 15 is 0 Å². The van der Waals surface area contributed by atoms with Gasteiger partial charge in [-0.25, -0.2) is 12.7 Å². The maximum Gasteiger partial charge on any atom is 0.251 e. The summed E-state index contributed by atoms with van der Waals surface area (Å²) in [5, 5.41) is 5.55. The van der Waals surface area contributed by atoms with Gasteiger partial charge in [-0.05, 0) is 54.3 Å². The fourth-order valence-electron chi connectivity index (χ4n) is 4.18. The van der Waals surface area contributed by atoms with Crippen LogP contribution in [0.4, 0.5) is 0 Å². The monoisotopic (exact) mass is 501 g/mol. The number of hydrogen-bond acceptors (Lipinski definition) is 6. The van der Waals surface area contributed by atoms with Crippen LogP contribution < -0.4 is 15.4 Å². The minimum atomic E-state index is -3.36. The molecular weight excluding hydrogens is 470 g/mol. The summed E-state index contributed by atoms with van der Waals surface area (Å²) >= 11 is 0. The lowest BCUT2D eigenvalue weighted by Crippen LogP contribution is -2.36. The molecule has 0 radical (unpaired) electrons. The zero-order chi connectivity index (χ0) is 24.7. The largest absolute Gasteiger partial charge is 0.491 e. The molecule has 2 amide bonds. The average molecular weight is 502 g/mol. The third kappa shape index (κ3) is 6.81. The first kappa shape index (κ1) is 25.2. The number of rotatable bonds is 5. The Bertz CT molecular complexity index is 1160. The van der Waals surface area contributed by atoms with Crippen LogP contribution in [0.2, 0.25) is 0 Å². The molecule has 2 N–H and O–H groups in total. The van der Waals surface area contributed by atoms with Gasteiger partial charge >= 0.3 is 0 Å². The first-order valence-corrected chi connectivity index (χ1v) is 13.5. The molecule has 2 heterocycles. The molecule has 2 aliphatic heterocycles. The average Bonchev–Trinajstić information content (AvgIpc) is 3.40. The molecule has 35 heavy (non-hydrogen) atoms. The first-order valence-electron chi connectivity index (χ1n) is 11.9. The van der Waals surface area contributed by atoms with Gasteiger partial charge in [-0.3, -0.25) is 9.59 Å². The van der Waals surface area contributed by atoms with Crippen molar-refractivity contribution in [3.63, 3.8) is 0 Å². The topological polar surface area (TPSA) is 114 Å². The fourth-order valence-corrected chi connectivity index (χ4v) is 5.62. The van der Waals surface area contributed by atoms with E-state index < -0.39 is 10.0 Å². The second-order valence-corrected chi connectivity index (χ2v) is 10.7. The summed E-state index contributed by atoms with van der Waals surface area (Å²) in [4.78, 5) is 25.2. The van der Waals surface area contributed by atoms with Crippen LogP contribution in [0.3, 0.4) is 0 Å². The summed E-state index contributed by atoms with van der Waals surface area (Å²) in [5.41, 5.74) is 2.66. The van der Waals surface area contributed by atoms with E-state index in [1.165, 1.54) is 4.31 Å². The number of amides is 2. The summed E-state index contributed by atoms with van der Waals surface area (Å²) in [6.45, 7) is 2.64. The predicted molar refractivity (Wildman–Crippen MR) is 131 cm³/mol. The smallest absolute Gasteiger partial charge is 0.251 e. The van der Waals surface area contributed by atoms with Gasteiger partial charge in [-0.15, -0.1) is 0 Å². The number of nitrogens with zero attached hydrogens (tertiary/aromatic N) is 1. The second kappa shape index (κ2) is 11.7. The van der Waals surface area contributed by atoms with Crippen LogP contribution in [-0.4, -0.2) is 76.3 Å². The Labute approximate surface area is 205 Å². The van der Waals surface area contributed by atoms with Crippen molar-refractivity contribution in [2.45, 2.75) is 19.3 Å². The lowest BCUT2D eigenvalue weighted by atomic mass is 9.99. The van der Waals surface area contributed by atoms with Crippen molar-refractivity contribution >= 4 is 21.8 Å². The standard InChI is InChI=1S/C25H31N3O6S/c29-24-20-5-3-4-19(16-20)17-22-18-21(6-7-23(22)34-14-13-33-12-8-26-24)25(30)27-9-15-35(31,32)28-10-1-2-11-28/h3-7,16,18H,1-2,8-15,17H2,(H,26,29)(H,27,30). The molecular formula is C25H31N3O6S. The molecule has 1 fully saturated rings. The van der Waals surface area contributed by atoms with E-state index in [0.29, 0.717) is 62.8 Å². The molecule has 0 saturated carbocycles. The van der Waals surface area contributed by atoms with Crippen molar-refractivity contribution < 1.29 is 27.5 Å². The van der Waals surface area contributed by atoms with Gasteiger partial charge in [0.1, 0.15) is 12.4 Å². The lowest BCUT2D eigenvalue weighted by Gasteiger charge is -2.16. The van der Waals surface area contributed by atoms with Gasteiger partial charge in [-0.1, -0.05) is 12.1 Å². The molecule has 0 spiro atoms. The normalized spacial score (nSPS) is 17.5. The molecule has 2 aromatic rings. The van der Waals surface area contributed by atoms with Gasteiger partial charge in [-0.2, -0.15) is 0 Å². The number of carbonyl (C=O) groups is 2. The zero-order valence-corrected chi connectivity index (χ0v) is 20.4. The molecule has 4 rings (SSSR count). The minimum absolute atomic E-state index is 0.0414. The SMILES string of the molecule is O=C1NCCOCCOc2ccc(C(=O)NCCS(=O)(=O)N3CCCC3)cc2Cc2cccc1c2. The van der Waals surface area contributed by atoms with Crippen LogP contribution in [0.5, 0.6) is 5.75 Å². The molecule has 1 saturated heterocycles. The van der Waals surface area contributed by atoms with Crippen molar-refractivity contribution in [1.29, 1.82) is 0 Å². The number of hydrogen-bond donors (Lipinski definition) is 2. The number of sulfonamides is 1. The number of fused-ring (bicyclic) bond motifs is 3. The van der Waals surface area contributed by atoms with Crippen LogP contribution in [0, 0.1) is 0 Å². The quantitative estimate of drug-likeness (QED) is 0.643. The second-order valence-electron chi connectivity index (χ2n) is 8.59. The van der Waals surface area contributed by atoms with E-state index in [1.807, 2.05) is 18.2 Å². The predicted octanol–water partition coefficient (Wildman–Crippen LogP) is 1.57. The van der Waals surface area contributed by atoms with Gasteiger partial charge in [0.25, 0.3) is 11.8 Å². The molecule has 2 bridgehead atoms. The summed E-state index contributed by atoms with van der Waals surface area (Å²) in [7, 11) is -3.36. The van der Waals surface area contributed by atoms with Crippen LogP contribution in [0.25, 0.3) is 0 Å². The number of benzene rings is 2. The Hall–Kier alpha value is -2.95. The number of carbonyl (C=O) groups excluding carboxylic acids is 2. The Morgan fingerprint density at radius 1 is 1.06 bits per heavy atom. The highest BCUT2D eigenvalue weighted by atomic mass is 32.2. The summed E-state index contributed by atoms with van der Waals surface area (Å²) in [6, 6.07) is 12.5. The third-order valence-corrected chi connectivity index (χ3v) is 7.90. The third-order valence-electron chi connectivity index (χ3n) is 6.03. The van der Waals surface area contributed by atoms with E-state index in [-0.39, 0.29) is 24.1 Å². The van der Waals surface area contributed by atoms with Crippen LogP contribution >= 0.6 is 0 Å². The van der Waals surface area contributed by atoms with Crippen molar-refractivity contribution in [3.05, 3.63) is 64.7 Å². The van der Waals surface area contributed by atoms with Gasteiger partial charge < -0.3 is 20.1 Å². The maximum atomic E-state index is 12.8. The zero-order valence-electron chi connectivity index (χ0n) is 19.6. The van der Waals surface area contributed by atoms with Gasteiger partial charge in [0.15, 0.2) is 0 Å². The molecule has 0 unspecified atom stereocenters. The van der Waals surface area contributed by atoms with E-state index in [9.17, 15) is 18.0 Å². The molecule has 188 valence electrons. The molecule has 0 atom stereocenters. The highest BCUT2D eigenvalue weighted by Crippen LogP contribution is 2.24. The summed E-state index contributed by atoms with van der Waals surface area (Å²) in [5.74, 6) is -0.00303. The molecule has 2 aliphatic rings. The van der Waals surface area contributed by atoms with Gasteiger partial charge in [0.2, 0.25) is 10.0 Å². The molecule has 9 nitrogen and oxygen atoms in total. The van der Waals surface area contributed by atoms with E-state index in [4.69, 9.17) is 9.47 Å². The van der Waals surface area contributed by atoms with Gasteiger partial charge in [0.05, 0.1) is 19.0 Å². The van der Waals surface area contributed by atoms with Crippen molar-refractivity contribution in [1.82, 2.24) is 14.9 Å². The maximum absolute atomic E-state index is 12.8.